The average molecular weight is 374 g/mol. The van der Waals surface area contributed by atoms with E-state index in [1.54, 1.807) is 7.11 Å². The molecule has 5 nitrogen and oxygen atoms in total. The van der Waals surface area contributed by atoms with Crippen molar-refractivity contribution in [2.45, 2.75) is 32.2 Å². The summed E-state index contributed by atoms with van der Waals surface area (Å²) >= 11 is 0. The first-order valence-electron chi connectivity index (χ1n) is 10.3. The summed E-state index contributed by atoms with van der Waals surface area (Å²) in [5, 5.41) is 0. The molecular weight excluding hydrogens is 338 g/mol. The molecule has 1 aromatic rings. The van der Waals surface area contributed by atoms with E-state index in [2.05, 4.69) is 40.9 Å². The Morgan fingerprint density at radius 1 is 1.19 bits per heavy atom. The number of hydrogen-bond donors (Lipinski definition) is 0. The third kappa shape index (κ3) is 5.94. The summed E-state index contributed by atoms with van der Waals surface area (Å²) in [6, 6.07) is 8.29. The van der Waals surface area contributed by atoms with Crippen molar-refractivity contribution in [3.05, 3.63) is 29.8 Å². The molecule has 1 saturated heterocycles. The molecule has 5 heteroatoms. The number of ether oxygens (including phenoxy) is 1. The molecule has 0 N–H and O–H groups in total. The summed E-state index contributed by atoms with van der Waals surface area (Å²) in [6.07, 6.45) is 4.60. The first-order chi connectivity index (χ1) is 13.1. The highest BCUT2D eigenvalue weighted by Gasteiger charge is 2.34. The van der Waals surface area contributed by atoms with E-state index in [1.807, 2.05) is 12.1 Å². The van der Waals surface area contributed by atoms with Gasteiger partial charge in [-0.25, -0.2) is 0 Å². The Morgan fingerprint density at radius 3 is 2.67 bits per heavy atom. The van der Waals surface area contributed by atoms with Gasteiger partial charge in [0.15, 0.2) is 0 Å². The van der Waals surface area contributed by atoms with Crippen molar-refractivity contribution < 1.29 is 9.53 Å². The largest absolute Gasteiger partial charge is 0.496 e. The van der Waals surface area contributed by atoms with Crippen molar-refractivity contribution in [2.75, 3.05) is 53.9 Å². The number of carbonyl (C=O) groups is 1. The summed E-state index contributed by atoms with van der Waals surface area (Å²) in [4.78, 5) is 19.6. The van der Waals surface area contributed by atoms with Crippen molar-refractivity contribution in [2.24, 2.45) is 11.8 Å². The minimum absolute atomic E-state index is 0.306. The van der Waals surface area contributed by atoms with E-state index in [1.165, 1.54) is 18.4 Å². The summed E-state index contributed by atoms with van der Waals surface area (Å²) in [6.45, 7) is 5.82. The molecule has 2 aliphatic rings. The third-order valence-electron chi connectivity index (χ3n) is 5.72. The Hall–Kier alpha value is -1.59. The van der Waals surface area contributed by atoms with Crippen LogP contribution in [0.25, 0.3) is 0 Å². The fraction of sp³-hybridized carbons (Fsp3) is 0.682. The molecule has 1 aromatic carbocycles. The molecule has 0 aromatic heterocycles. The van der Waals surface area contributed by atoms with Gasteiger partial charge in [-0.3, -0.25) is 9.69 Å². The van der Waals surface area contributed by atoms with Gasteiger partial charge in [0.2, 0.25) is 5.91 Å². The average Bonchev–Trinajstić information content (AvgIpc) is 3.50. The Morgan fingerprint density at radius 2 is 1.96 bits per heavy atom. The normalized spacial score (nSPS) is 20.7. The van der Waals surface area contributed by atoms with E-state index in [0.29, 0.717) is 17.7 Å². The molecule has 1 saturated carbocycles. The number of nitrogens with zero attached hydrogens (tertiary/aromatic N) is 3. The lowest BCUT2D eigenvalue weighted by Gasteiger charge is -2.36. The number of likely N-dealkylation sites (N-methyl/N-ethyl adjacent to an activating group) is 1. The lowest BCUT2D eigenvalue weighted by Crippen LogP contribution is -2.45. The van der Waals surface area contributed by atoms with Crippen LogP contribution < -0.4 is 4.74 Å². The summed E-state index contributed by atoms with van der Waals surface area (Å²) < 4.78 is 5.51. The predicted octanol–water partition coefficient (Wildman–Crippen LogP) is 2.71. The second-order valence-electron chi connectivity index (χ2n) is 8.42. The smallest absolute Gasteiger partial charge is 0.225 e. The molecule has 1 aliphatic heterocycles. The maximum atomic E-state index is 12.7. The lowest BCUT2D eigenvalue weighted by molar-refractivity contribution is -0.133. The number of para-hydroxylation sites is 1. The summed E-state index contributed by atoms with van der Waals surface area (Å²) in [5.41, 5.74) is 1.25. The number of hydrogen-bond acceptors (Lipinski definition) is 4. The highest BCUT2D eigenvalue weighted by atomic mass is 16.5. The molecule has 1 aliphatic carbocycles. The number of amides is 1. The molecule has 150 valence electrons. The van der Waals surface area contributed by atoms with Crippen LogP contribution in [0.1, 0.15) is 31.2 Å². The molecule has 0 radical (unpaired) electrons. The molecule has 1 atom stereocenters. The van der Waals surface area contributed by atoms with Crippen LogP contribution in [-0.2, 0) is 11.3 Å². The van der Waals surface area contributed by atoms with E-state index in [9.17, 15) is 4.79 Å². The fourth-order valence-electron chi connectivity index (χ4n) is 4.03. The monoisotopic (exact) mass is 373 g/mol. The van der Waals surface area contributed by atoms with Crippen LogP contribution in [0.2, 0.25) is 0 Å². The Labute approximate surface area is 164 Å². The van der Waals surface area contributed by atoms with Crippen molar-refractivity contribution in [3.8, 4) is 5.75 Å². The van der Waals surface area contributed by atoms with Crippen molar-refractivity contribution in [1.29, 1.82) is 0 Å². The first kappa shape index (κ1) is 20.2. The van der Waals surface area contributed by atoms with E-state index >= 15 is 0 Å². The van der Waals surface area contributed by atoms with Gasteiger partial charge in [-0.2, -0.15) is 0 Å². The fourth-order valence-corrected chi connectivity index (χ4v) is 4.03. The minimum Gasteiger partial charge on any atom is -0.496 e. The molecule has 3 rings (SSSR count). The van der Waals surface area contributed by atoms with Gasteiger partial charge < -0.3 is 14.5 Å². The van der Waals surface area contributed by atoms with Crippen LogP contribution in [0, 0.1) is 11.8 Å². The molecule has 0 unspecified atom stereocenters. The molecule has 27 heavy (non-hydrogen) atoms. The van der Waals surface area contributed by atoms with Gasteiger partial charge in [0.1, 0.15) is 5.75 Å². The lowest BCUT2D eigenvalue weighted by atomic mass is 9.96. The maximum absolute atomic E-state index is 12.7. The van der Waals surface area contributed by atoms with Crippen molar-refractivity contribution in [3.63, 3.8) is 0 Å². The van der Waals surface area contributed by atoms with Crippen molar-refractivity contribution in [1.82, 2.24) is 14.7 Å². The van der Waals surface area contributed by atoms with E-state index in [4.69, 9.17) is 4.74 Å². The molecule has 1 amide bonds. The first-order valence-corrected chi connectivity index (χ1v) is 10.3. The molecule has 1 heterocycles. The number of rotatable bonds is 9. The number of carbonyl (C=O) groups excluding carboxylic acids is 1. The van der Waals surface area contributed by atoms with Crippen molar-refractivity contribution >= 4 is 5.91 Å². The van der Waals surface area contributed by atoms with Crippen LogP contribution in [0.5, 0.6) is 5.75 Å². The maximum Gasteiger partial charge on any atom is 0.225 e. The zero-order chi connectivity index (χ0) is 19.2. The quantitative estimate of drug-likeness (QED) is 0.667. The van der Waals surface area contributed by atoms with Gasteiger partial charge in [-0.05, 0) is 58.3 Å². The van der Waals surface area contributed by atoms with Crippen LogP contribution in [0.3, 0.4) is 0 Å². The highest BCUT2D eigenvalue weighted by molar-refractivity contribution is 5.81. The number of methoxy groups -OCH3 is 1. The Bertz CT molecular complexity index is 615. The second-order valence-corrected chi connectivity index (χ2v) is 8.42. The third-order valence-corrected chi connectivity index (χ3v) is 5.72. The standard InChI is InChI=1S/C22H35N3O2/c1-23(2)13-14-25(22(26)19-10-11-19)16-18-7-6-12-24(15-18)17-20-8-4-5-9-21(20)27-3/h4-5,8-9,18-19H,6-7,10-17H2,1-3H3/t18-/m1/s1. The number of benzene rings is 1. The minimum atomic E-state index is 0.306. The molecule has 0 bridgehead atoms. The number of piperidine rings is 1. The van der Waals surface area contributed by atoms with Gasteiger partial charge >= 0.3 is 0 Å². The highest BCUT2D eigenvalue weighted by Crippen LogP contribution is 2.32. The van der Waals surface area contributed by atoms with Crippen LogP contribution in [0.15, 0.2) is 24.3 Å². The van der Waals surface area contributed by atoms with E-state index in [0.717, 1.165) is 57.9 Å². The molecular formula is C22H35N3O2. The summed E-state index contributed by atoms with van der Waals surface area (Å²) in [5.74, 6) is 2.23. The van der Waals surface area contributed by atoms with Crippen LogP contribution >= 0.6 is 0 Å². The Balaban J connectivity index is 1.57. The van der Waals surface area contributed by atoms with Gasteiger partial charge in [-0.1, -0.05) is 18.2 Å². The number of likely N-dealkylation sites (tertiary alicyclic amines) is 1. The van der Waals surface area contributed by atoms with Gasteiger partial charge in [-0.15, -0.1) is 0 Å². The van der Waals surface area contributed by atoms with E-state index in [-0.39, 0.29) is 0 Å². The van der Waals surface area contributed by atoms with Gasteiger partial charge in [0.05, 0.1) is 7.11 Å². The predicted molar refractivity (Wildman–Crippen MR) is 109 cm³/mol. The SMILES string of the molecule is COc1ccccc1CN1CCC[C@@H](CN(CCN(C)C)C(=O)C2CC2)C1. The zero-order valence-corrected chi connectivity index (χ0v) is 17.2. The topological polar surface area (TPSA) is 36.0 Å². The van der Waals surface area contributed by atoms with E-state index < -0.39 is 0 Å². The summed E-state index contributed by atoms with van der Waals surface area (Å²) in [7, 11) is 5.90. The van der Waals surface area contributed by atoms with Crippen LogP contribution in [-0.4, -0.2) is 74.5 Å². The second kappa shape index (κ2) is 9.56. The van der Waals surface area contributed by atoms with Gasteiger partial charge in [0, 0.05) is 44.2 Å². The zero-order valence-electron chi connectivity index (χ0n) is 17.2. The van der Waals surface area contributed by atoms with Gasteiger partial charge in [0.25, 0.3) is 0 Å². The van der Waals surface area contributed by atoms with Crippen LogP contribution in [0.4, 0.5) is 0 Å². The molecule has 2 fully saturated rings. The molecule has 0 spiro atoms. The Kier molecular flexibility index (Phi) is 7.13.